The van der Waals surface area contributed by atoms with Crippen molar-refractivity contribution in [2.24, 2.45) is 0 Å². The van der Waals surface area contributed by atoms with Gasteiger partial charge in [0, 0.05) is 18.6 Å². The molecule has 8 nitrogen and oxygen atoms in total. The van der Waals surface area contributed by atoms with Gasteiger partial charge in [-0.15, -0.1) is 0 Å². The molecule has 0 saturated heterocycles. The molecule has 11 heteroatoms. The molecule has 0 unspecified atom stereocenters. The van der Waals surface area contributed by atoms with E-state index in [9.17, 15) is 0 Å². The van der Waals surface area contributed by atoms with Gasteiger partial charge in [0.2, 0.25) is 0 Å². The van der Waals surface area contributed by atoms with Crippen LogP contribution in [0.2, 0.25) is 0 Å². The van der Waals surface area contributed by atoms with Crippen LogP contribution in [0.25, 0.3) is 0 Å². The molecule has 0 spiro atoms. The fourth-order valence-corrected chi connectivity index (χ4v) is 0. The first kappa shape index (κ1) is 333. The van der Waals surface area contributed by atoms with Crippen LogP contribution in [0.5, 0.6) is 0 Å². The van der Waals surface area contributed by atoms with E-state index in [1.54, 1.807) is 0 Å². The van der Waals surface area contributed by atoms with Gasteiger partial charge in [-0.25, -0.2) is 0 Å². The van der Waals surface area contributed by atoms with Crippen LogP contribution in [0.3, 0.4) is 0 Å². The second kappa shape index (κ2) is 261. The fraction of sp³-hybridized carbons (Fsp3) is 0. The van der Waals surface area contributed by atoms with Crippen molar-refractivity contribution in [3.63, 3.8) is 0 Å². The predicted molar refractivity (Wildman–Crippen MR) is 15.5 cm³/mol. The molecule has 69 valence electrons. The van der Waals surface area contributed by atoms with Crippen molar-refractivity contribution >= 4 is 0 Å². The minimum Gasteiger partial charge on any atom is -0.870 e. The molecule has 0 aromatic rings. The topological polar surface area (TPSA) is 240 Å². The van der Waals surface area contributed by atoms with E-state index < -0.39 is 0 Å². The smallest absolute Gasteiger partial charge is 0.870 e. The average molecular weight is 291 g/mol. The van der Waals surface area contributed by atoms with Gasteiger partial charge in [-0.3, -0.25) is 0 Å². The second-order valence-corrected chi connectivity index (χ2v) is 0. The Hall–Kier alpha value is 2.52. The SMILES string of the molecule is [K+].[OH-].[OH-].[OH-].[OH-].[OH-].[OH-].[OH-].[OH-].[V].[Zn+2]. The molecule has 0 rings (SSSR count). The summed E-state index contributed by atoms with van der Waals surface area (Å²) in [5.74, 6) is 0. The Morgan fingerprint density at radius 2 is 0.364 bits per heavy atom. The maximum absolute atomic E-state index is 0. The summed E-state index contributed by atoms with van der Waals surface area (Å²) >= 11 is 0. The number of hydrogen-bond acceptors (Lipinski definition) is 8. The van der Waals surface area contributed by atoms with E-state index in [4.69, 9.17) is 0 Å². The molecule has 0 aromatic carbocycles. The molecule has 0 fully saturated rings. The zero-order valence-electron chi connectivity index (χ0n) is 5.73. The van der Waals surface area contributed by atoms with Crippen molar-refractivity contribution in [1.82, 2.24) is 0 Å². The van der Waals surface area contributed by atoms with Crippen molar-refractivity contribution in [3.8, 4) is 0 Å². The van der Waals surface area contributed by atoms with E-state index in [1.165, 1.54) is 0 Å². The molecule has 0 aliphatic heterocycles. The maximum Gasteiger partial charge on any atom is 2.00 e. The summed E-state index contributed by atoms with van der Waals surface area (Å²) in [6, 6.07) is 0. The zero-order chi connectivity index (χ0) is 0. The standard InChI is InChI=1S/K.8H2O.V.Zn/h;8*1H2;;/q+1;;;;;;;;;;+2/p-8. The van der Waals surface area contributed by atoms with Crippen LogP contribution in [-0.4, -0.2) is 43.8 Å². The summed E-state index contributed by atoms with van der Waals surface area (Å²) in [5, 5.41) is 0. The van der Waals surface area contributed by atoms with Crippen LogP contribution < -0.4 is 51.4 Å². The molecule has 1 radical (unpaired) electrons. The third-order valence-electron chi connectivity index (χ3n) is 0. The van der Waals surface area contributed by atoms with Gasteiger partial charge in [-0.1, -0.05) is 0 Å². The Morgan fingerprint density at radius 3 is 0.364 bits per heavy atom. The van der Waals surface area contributed by atoms with Crippen molar-refractivity contribution < 1.29 is 133 Å². The van der Waals surface area contributed by atoms with Crippen LogP contribution >= 0.6 is 0 Å². The Balaban J connectivity index is 0. The summed E-state index contributed by atoms with van der Waals surface area (Å²) in [5.41, 5.74) is 0. The van der Waals surface area contributed by atoms with Crippen LogP contribution in [0.15, 0.2) is 0 Å². The van der Waals surface area contributed by atoms with Crippen molar-refractivity contribution in [3.05, 3.63) is 0 Å². The molecule has 0 amide bonds. The Labute approximate surface area is 131 Å². The Kier molecular flexibility index (Phi) is 7900. The first-order chi connectivity index (χ1) is 0. The second-order valence-electron chi connectivity index (χ2n) is 0. The van der Waals surface area contributed by atoms with Gasteiger partial charge < -0.3 is 43.8 Å². The third-order valence-corrected chi connectivity index (χ3v) is 0. The van der Waals surface area contributed by atoms with E-state index in [-0.39, 0.29) is 133 Å². The molecule has 0 aliphatic rings. The minimum atomic E-state index is 0. The van der Waals surface area contributed by atoms with Crippen LogP contribution in [0, 0.1) is 0 Å². The summed E-state index contributed by atoms with van der Waals surface area (Å²) < 4.78 is 0. The summed E-state index contributed by atoms with van der Waals surface area (Å²) in [4.78, 5) is 0. The number of rotatable bonds is 0. The van der Waals surface area contributed by atoms with Crippen LogP contribution in [-0.2, 0) is 38.0 Å². The van der Waals surface area contributed by atoms with E-state index in [0.29, 0.717) is 0 Å². The summed E-state index contributed by atoms with van der Waals surface area (Å²) in [6.45, 7) is 0. The largest absolute Gasteiger partial charge is 2.00 e. The maximum atomic E-state index is 0. The van der Waals surface area contributed by atoms with Crippen molar-refractivity contribution in [1.29, 1.82) is 0 Å². The summed E-state index contributed by atoms with van der Waals surface area (Å²) in [6.07, 6.45) is 0. The Morgan fingerprint density at radius 1 is 0.364 bits per heavy atom. The van der Waals surface area contributed by atoms with Gasteiger partial charge in [0.1, 0.15) is 0 Å². The van der Waals surface area contributed by atoms with Gasteiger partial charge in [0.15, 0.2) is 0 Å². The molecule has 8 N–H and O–H groups in total. The van der Waals surface area contributed by atoms with Gasteiger partial charge in [-0.2, -0.15) is 0 Å². The van der Waals surface area contributed by atoms with Gasteiger partial charge in [-0.05, 0) is 0 Å². The van der Waals surface area contributed by atoms with Gasteiger partial charge >= 0.3 is 70.9 Å². The first-order valence-electron chi connectivity index (χ1n) is 0. The van der Waals surface area contributed by atoms with Crippen LogP contribution in [0.4, 0.5) is 0 Å². The molecular formula is H8KO8VZn-5. The fourth-order valence-electron chi connectivity index (χ4n) is 0. The van der Waals surface area contributed by atoms with E-state index >= 15 is 0 Å². The quantitative estimate of drug-likeness (QED) is 0.393. The van der Waals surface area contributed by atoms with E-state index in [1.807, 2.05) is 0 Å². The third kappa shape index (κ3) is 218. The molecule has 11 heavy (non-hydrogen) atoms. The zero-order valence-corrected chi connectivity index (χ0v) is 13.2. The Bertz CT molecular complexity index is 14.1. The molecule has 0 saturated carbocycles. The van der Waals surface area contributed by atoms with Gasteiger partial charge in [0.05, 0.1) is 0 Å². The predicted octanol–water partition coefficient (Wildman–Crippen LogP) is -4.42. The first-order valence-corrected chi connectivity index (χ1v) is 0. The van der Waals surface area contributed by atoms with E-state index in [2.05, 4.69) is 0 Å². The molecule has 0 aromatic heterocycles. The number of hydrogen-bond donors (Lipinski definition) is 0. The molecule has 0 atom stereocenters. The summed E-state index contributed by atoms with van der Waals surface area (Å²) in [7, 11) is 0. The minimum absolute atomic E-state index is 0. The van der Waals surface area contributed by atoms with Crippen molar-refractivity contribution in [2.45, 2.75) is 0 Å². The van der Waals surface area contributed by atoms with Crippen molar-refractivity contribution in [2.75, 3.05) is 0 Å². The van der Waals surface area contributed by atoms with Gasteiger partial charge in [0.25, 0.3) is 0 Å². The molecule has 0 aliphatic carbocycles. The van der Waals surface area contributed by atoms with Crippen LogP contribution in [0.1, 0.15) is 0 Å². The molecule has 0 bridgehead atoms. The normalized spacial score (nSPS) is 0. The average Bonchev–Trinajstić information content (AvgIpc) is 0. The molecular weight excluding hydrogens is 283 g/mol. The monoisotopic (exact) mass is 290 g/mol. The molecule has 0 heterocycles. The van der Waals surface area contributed by atoms with E-state index in [0.717, 1.165) is 0 Å².